The Bertz CT molecular complexity index is 921. The minimum Gasteiger partial charge on any atom is -0.495 e. The number of fused-ring (bicyclic) bond motifs is 1. The number of rotatable bonds is 3. The van der Waals surface area contributed by atoms with Crippen LogP contribution >= 0.6 is 23.2 Å². The molecule has 0 aliphatic rings. The first-order chi connectivity index (χ1) is 11.0. The standard InChI is InChI=1S/C17H13Cl2N3O/c1-10-12-7-17(23-2)11(8-20)6-16(12)22(21-10)9-13-14(18)4-3-5-15(13)19/h3-7H,9H2,1-2H3. The van der Waals surface area contributed by atoms with Gasteiger partial charge in [-0.05, 0) is 31.2 Å². The summed E-state index contributed by atoms with van der Waals surface area (Å²) in [6, 6.07) is 11.2. The molecule has 6 heteroatoms. The highest BCUT2D eigenvalue weighted by atomic mass is 35.5. The van der Waals surface area contributed by atoms with Crippen molar-refractivity contribution in [2.45, 2.75) is 13.5 Å². The van der Waals surface area contributed by atoms with Crippen molar-refractivity contribution >= 4 is 34.1 Å². The number of hydrogen-bond acceptors (Lipinski definition) is 3. The summed E-state index contributed by atoms with van der Waals surface area (Å²) in [6.45, 7) is 2.35. The summed E-state index contributed by atoms with van der Waals surface area (Å²) in [7, 11) is 1.55. The number of benzene rings is 2. The van der Waals surface area contributed by atoms with Crippen LogP contribution in [-0.4, -0.2) is 16.9 Å². The fraction of sp³-hybridized carbons (Fsp3) is 0.176. The predicted molar refractivity (Wildman–Crippen MR) is 91.3 cm³/mol. The van der Waals surface area contributed by atoms with Crippen LogP contribution in [0.2, 0.25) is 10.0 Å². The van der Waals surface area contributed by atoms with E-state index in [0.29, 0.717) is 27.9 Å². The van der Waals surface area contributed by atoms with E-state index in [9.17, 15) is 5.26 Å². The van der Waals surface area contributed by atoms with E-state index in [1.165, 1.54) is 0 Å². The summed E-state index contributed by atoms with van der Waals surface area (Å²) in [5.74, 6) is 0.540. The van der Waals surface area contributed by atoms with Crippen LogP contribution in [0.5, 0.6) is 5.75 Å². The third-order valence-corrected chi connectivity index (χ3v) is 4.45. The number of nitrogens with zero attached hydrogens (tertiary/aromatic N) is 3. The Morgan fingerprint density at radius 3 is 2.57 bits per heavy atom. The number of nitriles is 1. The van der Waals surface area contributed by atoms with Crippen molar-refractivity contribution < 1.29 is 4.74 Å². The van der Waals surface area contributed by atoms with Gasteiger partial charge in [0.05, 0.1) is 30.4 Å². The minimum atomic E-state index is 0.431. The molecule has 0 spiro atoms. The molecule has 2 aromatic carbocycles. The molecule has 1 heterocycles. The Morgan fingerprint density at radius 1 is 1.26 bits per heavy atom. The van der Waals surface area contributed by atoms with Gasteiger partial charge in [-0.25, -0.2) is 0 Å². The second-order valence-corrected chi connectivity index (χ2v) is 5.94. The third-order valence-electron chi connectivity index (χ3n) is 3.75. The maximum atomic E-state index is 9.28. The molecule has 116 valence electrons. The number of methoxy groups -OCH3 is 1. The normalized spacial score (nSPS) is 10.7. The lowest BCUT2D eigenvalue weighted by Gasteiger charge is -2.09. The molecule has 3 aromatic rings. The molecule has 0 unspecified atom stereocenters. The number of ether oxygens (including phenoxy) is 1. The second-order valence-electron chi connectivity index (χ2n) is 5.12. The lowest BCUT2D eigenvalue weighted by atomic mass is 10.1. The largest absolute Gasteiger partial charge is 0.495 e. The van der Waals surface area contributed by atoms with Crippen molar-refractivity contribution in [3.63, 3.8) is 0 Å². The summed E-state index contributed by atoms with van der Waals surface area (Å²) in [6.07, 6.45) is 0. The molecule has 3 rings (SSSR count). The van der Waals surface area contributed by atoms with E-state index < -0.39 is 0 Å². The van der Waals surface area contributed by atoms with Gasteiger partial charge < -0.3 is 4.74 Å². The Balaban J connectivity index is 2.17. The average molecular weight is 346 g/mol. The highest BCUT2D eigenvalue weighted by Crippen LogP contribution is 2.30. The Morgan fingerprint density at radius 2 is 1.96 bits per heavy atom. The molecule has 0 saturated heterocycles. The van der Waals surface area contributed by atoms with E-state index in [0.717, 1.165) is 22.2 Å². The molecular formula is C17H13Cl2N3O. The van der Waals surface area contributed by atoms with E-state index in [1.807, 2.05) is 13.0 Å². The smallest absolute Gasteiger partial charge is 0.137 e. The molecule has 0 radical (unpaired) electrons. The van der Waals surface area contributed by atoms with E-state index in [-0.39, 0.29) is 0 Å². The molecular weight excluding hydrogens is 333 g/mol. The van der Waals surface area contributed by atoms with Gasteiger partial charge in [0.1, 0.15) is 11.8 Å². The minimum absolute atomic E-state index is 0.431. The second kappa shape index (κ2) is 6.11. The van der Waals surface area contributed by atoms with Gasteiger partial charge in [0.25, 0.3) is 0 Å². The predicted octanol–water partition coefficient (Wildman–Crippen LogP) is 4.58. The molecule has 1 aromatic heterocycles. The van der Waals surface area contributed by atoms with Crippen molar-refractivity contribution in [1.82, 2.24) is 9.78 Å². The van der Waals surface area contributed by atoms with Crippen LogP contribution in [0.3, 0.4) is 0 Å². The number of aromatic nitrogens is 2. The Labute approximate surface area is 143 Å². The summed E-state index contributed by atoms with van der Waals surface area (Å²) >= 11 is 12.5. The van der Waals surface area contributed by atoms with Gasteiger partial charge in [-0.3, -0.25) is 4.68 Å². The molecule has 0 fully saturated rings. The van der Waals surface area contributed by atoms with Crippen molar-refractivity contribution in [1.29, 1.82) is 5.26 Å². The summed E-state index contributed by atoms with van der Waals surface area (Å²) < 4.78 is 7.07. The molecule has 23 heavy (non-hydrogen) atoms. The quantitative estimate of drug-likeness (QED) is 0.697. The van der Waals surface area contributed by atoms with Crippen LogP contribution in [0.15, 0.2) is 30.3 Å². The van der Waals surface area contributed by atoms with Gasteiger partial charge >= 0.3 is 0 Å². The highest BCUT2D eigenvalue weighted by Gasteiger charge is 2.15. The molecule has 4 nitrogen and oxygen atoms in total. The molecule has 0 aliphatic carbocycles. The van der Waals surface area contributed by atoms with Crippen molar-refractivity contribution in [3.05, 3.63) is 57.2 Å². The van der Waals surface area contributed by atoms with Crippen molar-refractivity contribution in [3.8, 4) is 11.8 Å². The van der Waals surface area contributed by atoms with E-state index in [4.69, 9.17) is 27.9 Å². The molecule has 0 N–H and O–H groups in total. The lowest BCUT2D eigenvalue weighted by molar-refractivity contribution is 0.414. The summed E-state index contributed by atoms with van der Waals surface area (Å²) in [4.78, 5) is 0. The molecule has 0 saturated carbocycles. The van der Waals surface area contributed by atoms with E-state index in [2.05, 4.69) is 11.2 Å². The Kier molecular flexibility index (Phi) is 4.16. The first-order valence-corrected chi connectivity index (χ1v) is 7.69. The summed E-state index contributed by atoms with van der Waals surface area (Å²) in [5.41, 5.74) is 2.96. The maximum absolute atomic E-state index is 9.28. The van der Waals surface area contributed by atoms with Crippen LogP contribution in [0, 0.1) is 18.3 Å². The first-order valence-electron chi connectivity index (χ1n) is 6.93. The first kappa shape index (κ1) is 15.7. The van der Waals surface area contributed by atoms with Crippen molar-refractivity contribution in [2.75, 3.05) is 7.11 Å². The summed E-state index contributed by atoms with van der Waals surface area (Å²) in [5, 5.41) is 16.0. The van der Waals surface area contributed by atoms with Crippen LogP contribution < -0.4 is 4.74 Å². The van der Waals surface area contributed by atoms with Gasteiger partial charge in [0.2, 0.25) is 0 Å². The maximum Gasteiger partial charge on any atom is 0.137 e. The van der Waals surface area contributed by atoms with Gasteiger partial charge in [-0.1, -0.05) is 29.3 Å². The van der Waals surface area contributed by atoms with Crippen LogP contribution in [0.25, 0.3) is 10.9 Å². The molecule has 0 amide bonds. The van der Waals surface area contributed by atoms with Crippen LogP contribution in [0.4, 0.5) is 0 Å². The Hall–Kier alpha value is -2.22. The molecule has 0 aliphatic heterocycles. The van der Waals surface area contributed by atoms with Gasteiger partial charge in [0, 0.05) is 21.0 Å². The topological polar surface area (TPSA) is 50.8 Å². The zero-order chi connectivity index (χ0) is 16.6. The van der Waals surface area contributed by atoms with Gasteiger partial charge in [0.15, 0.2) is 0 Å². The fourth-order valence-corrected chi connectivity index (χ4v) is 3.09. The molecule has 0 bridgehead atoms. The average Bonchev–Trinajstić information content (AvgIpc) is 2.85. The van der Waals surface area contributed by atoms with Gasteiger partial charge in [-0.2, -0.15) is 10.4 Å². The number of hydrogen-bond donors (Lipinski definition) is 0. The monoisotopic (exact) mass is 345 g/mol. The SMILES string of the molecule is COc1cc2c(C)nn(Cc3c(Cl)cccc3Cl)c2cc1C#N. The van der Waals surface area contributed by atoms with Crippen LogP contribution in [-0.2, 0) is 6.54 Å². The lowest BCUT2D eigenvalue weighted by Crippen LogP contribution is -2.03. The zero-order valence-electron chi connectivity index (χ0n) is 12.6. The van der Waals surface area contributed by atoms with Gasteiger partial charge in [-0.15, -0.1) is 0 Å². The molecule has 0 atom stereocenters. The number of aryl methyl sites for hydroxylation is 1. The van der Waals surface area contributed by atoms with E-state index >= 15 is 0 Å². The number of halogens is 2. The third kappa shape index (κ3) is 2.74. The van der Waals surface area contributed by atoms with Crippen LogP contribution in [0.1, 0.15) is 16.8 Å². The van der Waals surface area contributed by atoms with E-state index in [1.54, 1.807) is 36.1 Å². The zero-order valence-corrected chi connectivity index (χ0v) is 14.1. The fourth-order valence-electron chi connectivity index (χ4n) is 2.57. The van der Waals surface area contributed by atoms with Crippen molar-refractivity contribution in [2.24, 2.45) is 0 Å². The highest BCUT2D eigenvalue weighted by molar-refractivity contribution is 6.36.